The van der Waals surface area contributed by atoms with E-state index in [0.717, 1.165) is 0 Å². The molecule has 3 amide bonds. The Morgan fingerprint density at radius 2 is 1.52 bits per heavy atom. The van der Waals surface area contributed by atoms with E-state index in [2.05, 4.69) is 16.0 Å². The van der Waals surface area contributed by atoms with Crippen LogP contribution in [0.4, 0.5) is 16.2 Å². The third-order valence-corrected chi connectivity index (χ3v) is 8.10. The zero-order chi connectivity index (χ0) is 40.0. The van der Waals surface area contributed by atoms with Crippen LogP contribution < -0.4 is 34.9 Å². The number of Topliss-reactive ketones (excluding diaryl/α,β-unsaturated/α-hetero) is 1. The van der Waals surface area contributed by atoms with Gasteiger partial charge in [0.05, 0.1) is 38.3 Å². The predicted octanol–water partition coefficient (Wildman–Crippen LogP) is 7.28. The molecule has 3 N–H and O–H groups in total. The Morgan fingerprint density at radius 1 is 0.852 bits per heavy atom. The highest BCUT2D eigenvalue weighted by Crippen LogP contribution is 2.49. The van der Waals surface area contributed by atoms with E-state index in [1.807, 2.05) is 0 Å². The molecule has 2 atom stereocenters. The lowest BCUT2D eigenvalue weighted by Crippen LogP contribution is -2.46. The van der Waals surface area contributed by atoms with Crippen molar-refractivity contribution in [1.29, 1.82) is 0 Å². The van der Waals surface area contributed by atoms with Crippen LogP contribution in [0, 0.1) is 0 Å². The maximum Gasteiger partial charge on any atom is 0.408 e. The van der Waals surface area contributed by atoms with E-state index in [1.54, 1.807) is 71.9 Å². The highest BCUT2D eigenvalue weighted by Gasteiger charge is 2.35. The number of anilines is 2. The molecular weight excluding hydrogens is 722 g/mol. The first kappa shape index (κ1) is 41.3. The van der Waals surface area contributed by atoms with Crippen molar-refractivity contribution in [3.8, 4) is 23.0 Å². The quantitative estimate of drug-likeness (QED) is 0.158. The lowest BCUT2D eigenvalue weighted by Gasteiger charge is -2.28. The van der Waals surface area contributed by atoms with Crippen molar-refractivity contribution in [3.05, 3.63) is 70.2 Å². The minimum absolute atomic E-state index is 0.000594. The van der Waals surface area contributed by atoms with E-state index in [4.69, 9.17) is 40.0 Å². The van der Waals surface area contributed by atoms with Crippen LogP contribution in [0.2, 0.25) is 5.02 Å². The summed E-state index contributed by atoms with van der Waals surface area (Å²) in [6, 6.07) is 11.7. The summed E-state index contributed by atoms with van der Waals surface area (Å²) in [6.45, 7) is 10.1. The number of ketones is 1. The van der Waals surface area contributed by atoms with Gasteiger partial charge in [0.15, 0.2) is 17.3 Å². The van der Waals surface area contributed by atoms with Crippen molar-refractivity contribution in [2.24, 2.45) is 0 Å². The molecule has 1 heterocycles. The molecule has 0 saturated carbocycles. The third-order valence-electron chi connectivity index (χ3n) is 7.77. The smallest absolute Gasteiger partial charge is 0.408 e. The van der Waals surface area contributed by atoms with Crippen LogP contribution in [0.5, 0.6) is 23.0 Å². The number of nitrogens with one attached hydrogen (secondary N) is 3. The van der Waals surface area contributed by atoms with E-state index in [-0.39, 0.29) is 64.1 Å². The van der Waals surface area contributed by atoms with Crippen molar-refractivity contribution in [1.82, 2.24) is 5.32 Å². The Labute approximate surface area is 319 Å². The molecule has 0 spiro atoms. The number of benzene rings is 3. The zero-order valence-corrected chi connectivity index (χ0v) is 32.5. The van der Waals surface area contributed by atoms with Gasteiger partial charge in [0.2, 0.25) is 11.7 Å². The van der Waals surface area contributed by atoms with Crippen molar-refractivity contribution in [2.75, 3.05) is 32.0 Å². The van der Waals surface area contributed by atoms with E-state index < -0.39 is 47.2 Å². The summed E-state index contributed by atoms with van der Waals surface area (Å²) in [4.78, 5) is 65.1. The molecule has 0 radical (unpaired) electrons. The first-order valence-corrected chi connectivity index (χ1v) is 17.5. The normalized spacial score (nSPS) is 14.4. The van der Waals surface area contributed by atoms with Crippen molar-refractivity contribution in [3.63, 3.8) is 0 Å². The molecule has 0 aliphatic carbocycles. The number of hydrogen-bond acceptors (Lipinski definition) is 11. The fourth-order valence-corrected chi connectivity index (χ4v) is 5.71. The van der Waals surface area contributed by atoms with E-state index >= 15 is 0 Å². The topological polar surface area (TPSA) is 177 Å². The predicted molar refractivity (Wildman–Crippen MR) is 201 cm³/mol. The summed E-state index contributed by atoms with van der Waals surface area (Å²) in [6.07, 6.45) is -1.78. The first-order chi connectivity index (χ1) is 25.3. The van der Waals surface area contributed by atoms with Gasteiger partial charge in [-0.15, -0.1) is 0 Å². The van der Waals surface area contributed by atoms with Crippen LogP contribution in [-0.2, 0) is 19.1 Å². The number of esters is 1. The van der Waals surface area contributed by atoms with Crippen molar-refractivity contribution >= 4 is 52.6 Å². The van der Waals surface area contributed by atoms with Gasteiger partial charge in [0.25, 0.3) is 5.91 Å². The second kappa shape index (κ2) is 17.1. The van der Waals surface area contributed by atoms with Gasteiger partial charge < -0.3 is 44.4 Å². The van der Waals surface area contributed by atoms with Crippen LogP contribution in [-0.4, -0.2) is 68.2 Å². The fourth-order valence-electron chi connectivity index (χ4n) is 5.50. The van der Waals surface area contributed by atoms with E-state index in [9.17, 15) is 24.0 Å². The average Bonchev–Trinajstić information content (AvgIpc) is 3.08. The Hall–Kier alpha value is -5.50. The minimum atomic E-state index is -1.16. The number of carbonyl (C=O) groups is 5. The number of hydrogen-bond donors (Lipinski definition) is 3. The lowest BCUT2D eigenvalue weighted by molar-refractivity contribution is -0.157. The van der Waals surface area contributed by atoms with E-state index in [0.29, 0.717) is 17.0 Å². The molecule has 15 heteroatoms. The van der Waals surface area contributed by atoms with Crippen molar-refractivity contribution in [2.45, 2.75) is 84.2 Å². The molecule has 0 bridgehead atoms. The Bertz CT molecular complexity index is 1920. The molecule has 0 aromatic heterocycles. The average molecular weight is 768 g/mol. The van der Waals surface area contributed by atoms with Crippen molar-refractivity contribution < 1.29 is 52.4 Å². The van der Waals surface area contributed by atoms with Crippen LogP contribution in [0.1, 0.15) is 93.2 Å². The number of carbonyl (C=O) groups excluding carboxylic acids is 5. The molecule has 3 aromatic carbocycles. The maximum absolute atomic E-state index is 13.4. The number of halogens is 1. The Morgan fingerprint density at radius 3 is 2.15 bits per heavy atom. The summed E-state index contributed by atoms with van der Waals surface area (Å²) >= 11 is 6.40. The number of ether oxygens (including phenoxy) is 6. The zero-order valence-electron chi connectivity index (χ0n) is 31.8. The molecule has 1 aliphatic rings. The number of rotatable bonds is 12. The van der Waals surface area contributed by atoms with Gasteiger partial charge in [-0.1, -0.05) is 23.7 Å². The largest absolute Gasteiger partial charge is 0.493 e. The Balaban J connectivity index is 1.44. The second-order valence-corrected chi connectivity index (χ2v) is 14.8. The van der Waals surface area contributed by atoms with Gasteiger partial charge in [-0.25, -0.2) is 9.59 Å². The van der Waals surface area contributed by atoms with Crippen LogP contribution >= 0.6 is 11.6 Å². The lowest BCUT2D eigenvalue weighted by atomic mass is 9.94. The monoisotopic (exact) mass is 767 g/mol. The fraction of sp³-hybridized carbons (Fsp3) is 0.410. The molecule has 0 fully saturated rings. The molecule has 1 unspecified atom stereocenters. The summed E-state index contributed by atoms with van der Waals surface area (Å²) in [7, 11) is 4.34. The summed E-state index contributed by atoms with van der Waals surface area (Å²) in [5, 5.41) is 8.13. The summed E-state index contributed by atoms with van der Waals surface area (Å²) in [5.41, 5.74) is -0.0197. The number of alkyl carbamates (subject to hydrolysis) is 1. The number of fused-ring (bicyclic) bond motifs is 1. The highest BCUT2D eigenvalue weighted by molar-refractivity contribution is 6.34. The van der Waals surface area contributed by atoms with Gasteiger partial charge >= 0.3 is 12.1 Å². The number of amides is 3. The maximum atomic E-state index is 13.4. The van der Waals surface area contributed by atoms with Crippen LogP contribution in [0.3, 0.4) is 0 Å². The van der Waals surface area contributed by atoms with Gasteiger partial charge in [0, 0.05) is 23.9 Å². The van der Waals surface area contributed by atoms with Gasteiger partial charge in [0.1, 0.15) is 34.7 Å². The van der Waals surface area contributed by atoms with Crippen LogP contribution in [0.15, 0.2) is 48.5 Å². The first-order valence-electron chi connectivity index (χ1n) is 17.1. The molecule has 290 valence electrons. The van der Waals surface area contributed by atoms with Gasteiger partial charge in [-0.05, 0) is 83.9 Å². The third kappa shape index (κ3) is 10.8. The Kier molecular flexibility index (Phi) is 13.1. The van der Waals surface area contributed by atoms with Gasteiger partial charge in [-0.3, -0.25) is 14.4 Å². The highest BCUT2D eigenvalue weighted by atomic mass is 35.5. The summed E-state index contributed by atoms with van der Waals surface area (Å²) < 4.78 is 33.3. The van der Waals surface area contributed by atoms with Crippen LogP contribution in [0.25, 0.3) is 0 Å². The SMILES string of the molecule is COc1cc2c(c(OC)c1OC)C(=O)CC(c1cccc(NC(=O)c3cc(NC(=O)CC[C@H](NC(=O)OC(C)(C)C)C(=O)OC(C)(C)C)ccc3Cl)c1)O2. The molecule has 0 saturated heterocycles. The molecule has 1 aliphatic heterocycles. The summed E-state index contributed by atoms with van der Waals surface area (Å²) in [5.74, 6) is -0.904. The standard InChI is InChI=1S/C39H46ClN3O11/c1-38(2,3)53-36(47)26(43-37(48)54-39(4,5)6)15-16-31(45)41-23-13-14-25(40)24(18-23)35(46)42-22-12-10-11-21(17-22)28-19-27(44)32-29(52-28)20-30(49-7)33(50-8)34(32)51-9/h10-14,17-18,20,26,28H,15-16,19H2,1-9H3,(H,41,45)(H,42,46)(H,43,48)/t26-,28?/m0/s1. The molecule has 54 heavy (non-hydrogen) atoms. The molecular formula is C39H46ClN3O11. The molecule has 14 nitrogen and oxygen atoms in total. The second-order valence-electron chi connectivity index (χ2n) is 14.3. The minimum Gasteiger partial charge on any atom is -0.493 e. The molecule has 3 aromatic rings. The van der Waals surface area contributed by atoms with Gasteiger partial charge in [-0.2, -0.15) is 0 Å². The number of methoxy groups -OCH3 is 3. The molecule has 4 rings (SSSR count). The van der Waals surface area contributed by atoms with E-state index in [1.165, 1.54) is 39.5 Å².